The first-order valence-electron chi connectivity index (χ1n) is 9.42. The van der Waals surface area contributed by atoms with Crippen LogP contribution in [-0.2, 0) is 19.1 Å². The normalized spacial score (nSPS) is 17.4. The Morgan fingerprint density at radius 3 is 2.40 bits per heavy atom. The highest BCUT2D eigenvalue weighted by Crippen LogP contribution is 2.51. The highest BCUT2D eigenvalue weighted by molar-refractivity contribution is 5.88. The topological polar surface area (TPSA) is 123 Å². The lowest BCUT2D eigenvalue weighted by Crippen LogP contribution is -2.21. The van der Waals surface area contributed by atoms with Crippen LogP contribution in [0.15, 0.2) is 36.4 Å². The minimum atomic E-state index is -0.925. The van der Waals surface area contributed by atoms with Crippen molar-refractivity contribution < 1.29 is 39.1 Å². The molecule has 8 nitrogen and oxygen atoms in total. The Balaban J connectivity index is 2.03. The van der Waals surface area contributed by atoms with Crippen LogP contribution in [0.1, 0.15) is 42.6 Å². The van der Waals surface area contributed by atoms with Crippen LogP contribution in [0.4, 0.5) is 0 Å². The number of hydrogen-bond acceptors (Lipinski definition) is 8. The zero-order valence-electron chi connectivity index (χ0n) is 16.5. The molecular formula is C22H22O8. The first kappa shape index (κ1) is 21.0. The third-order valence-corrected chi connectivity index (χ3v) is 4.57. The summed E-state index contributed by atoms with van der Waals surface area (Å²) in [5, 5.41) is 29.9. The van der Waals surface area contributed by atoms with Gasteiger partial charge >= 0.3 is 11.9 Å². The molecular weight excluding hydrogens is 392 g/mol. The third kappa shape index (κ3) is 4.17. The summed E-state index contributed by atoms with van der Waals surface area (Å²) in [4.78, 5) is 24.3. The van der Waals surface area contributed by atoms with Gasteiger partial charge in [0.15, 0.2) is 23.0 Å². The van der Waals surface area contributed by atoms with Gasteiger partial charge in [0.25, 0.3) is 0 Å². The number of rotatable bonds is 6. The van der Waals surface area contributed by atoms with Gasteiger partial charge in [0.1, 0.15) is 12.0 Å². The largest absolute Gasteiger partial charge is 0.504 e. The summed E-state index contributed by atoms with van der Waals surface area (Å²) in [7, 11) is 0. The van der Waals surface area contributed by atoms with Crippen LogP contribution in [0.2, 0.25) is 0 Å². The number of phenolic OH excluding ortho intramolecular Hbond substituents is 3. The Labute approximate surface area is 172 Å². The molecule has 3 N–H and O–H groups in total. The molecule has 0 aromatic heterocycles. The molecule has 2 aromatic rings. The zero-order valence-corrected chi connectivity index (χ0v) is 16.5. The molecule has 2 atom stereocenters. The van der Waals surface area contributed by atoms with Gasteiger partial charge in [0.2, 0.25) is 0 Å². The van der Waals surface area contributed by atoms with Crippen LogP contribution in [0, 0.1) is 0 Å². The average molecular weight is 414 g/mol. The Morgan fingerprint density at radius 1 is 1.00 bits per heavy atom. The highest BCUT2D eigenvalue weighted by Gasteiger charge is 2.43. The van der Waals surface area contributed by atoms with Gasteiger partial charge in [-0.1, -0.05) is 6.07 Å². The van der Waals surface area contributed by atoms with E-state index in [1.54, 1.807) is 19.9 Å². The Kier molecular flexibility index (Phi) is 6.15. The fourth-order valence-electron chi connectivity index (χ4n) is 3.29. The smallest absolute Gasteiger partial charge is 0.330 e. The summed E-state index contributed by atoms with van der Waals surface area (Å²) in [6.07, 6.45) is 1.79. The molecule has 0 radical (unpaired) electrons. The summed E-state index contributed by atoms with van der Waals surface area (Å²) >= 11 is 0. The maximum atomic E-state index is 12.7. The van der Waals surface area contributed by atoms with Crippen molar-refractivity contribution in [1.82, 2.24) is 0 Å². The zero-order chi connectivity index (χ0) is 21.8. The summed E-state index contributed by atoms with van der Waals surface area (Å²) in [5.74, 6) is -2.80. The van der Waals surface area contributed by atoms with Crippen molar-refractivity contribution in [3.63, 3.8) is 0 Å². The minimum Gasteiger partial charge on any atom is -0.504 e. The first-order chi connectivity index (χ1) is 14.3. The molecule has 0 spiro atoms. The van der Waals surface area contributed by atoms with Crippen LogP contribution in [0.25, 0.3) is 6.08 Å². The van der Waals surface area contributed by atoms with Crippen molar-refractivity contribution in [2.45, 2.75) is 25.9 Å². The van der Waals surface area contributed by atoms with Gasteiger partial charge in [-0.25, -0.2) is 4.79 Å². The predicted octanol–water partition coefficient (Wildman–Crippen LogP) is 3.16. The van der Waals surface area contributed by atoms with E-state index in [2.05, 4.69) is 0 Å². The molecule has 0 fully saturated rings. The van der Waals surface area contributed by atoms with Gasteiger partial charge in [-0.05, 0) is 55.3 Å². The number of fused-ring (bicyclic) bond motifs is 1. The van der Waals surface area contributed by atoms with Crippen molar-refractivity contribution in [3.05, 3.63) is 53.1 Å². The van der Waals surface area contributed by atoms with E-state index in [-0.39, 0.29) is 36.2 Å². The number of phenols is 3. The summed E-state index contributed by atoms with van der Waals surface area (Å²) in [6, 6.07) is 7.10. The van der Waals surface area contributed by atoms with Gasteiger partial charge in [-0.3, -0.25) is 4.79 Å². The first-order valence-corrected chi connectivity index (χ1v) is 9.42. The highest BCUT2D eigenvalue weighted by atomic mass is 16.5. The maximum absolute atomic E-state index is 12.7. The second-order valence-electron chi connectivity index (χ2n) is 6.56. The molecule has 0 aliphatic carbocycles. The standard InChI is InChI=1S/C22H22O8/c1-3-28-18(26)8-5-12-9-14-19(22(27)29-4-2)20(30-21(14)17(25)10-12)13-6-7-15(23)16(24)11-13/h5-11,19-20,23-25H,3-4H2,1-2H3/b8-5+/t19-,20-/m1/s1. The molecule has 0 saturated carbocycles. The molecule has 30 heavy (non-hydrogen) atoms. The van der Waals surface area contributed by atoms with E-state index in [0.29, 0.717) is 16.7 Å². The van der Waals surface area contributed by atoms with Crippen molar-refractivity contribution in [1.29, 1.82) is 0 Å². The molecule has 2 aromatic carbocycles. The maximum Gasteiger partial charge on any atom is 0.330 e. The summed E-state index contributed by atoms with van der Waals surface area (Å²) in [5.41, 5.74) is 1.27. The van der Waals surface area contributed by atoms with Gasteiger partial charge in [0, 0.05) is 11.6 Å². The number of ether oxygens (including phenoxy) is 3. The van der Waals surface area contributed by atoms with Crippen LogP contribution in [-0.4, -0.2) is 40.5 Å². The molecule has 3 rings (SSSR count). The van der Waals surface area contributed by atoms with E-state index in [1.165, 1.54) is 36.4 Å². The van der Waals surface area contributed by atoms with Gasteiger partial charge in [-0.15, -0.1) is 0 Å². The molecule has 0 unspecified atom stereocenters. The number of carbonyl (C=O) groups excluding carboxylic acids is 2. The quantitative estimate of drug-likeness (QED) is 0.374. The fourth-order valence-corrected chi connectivity index (χ4v) is 3.29. The summed E-state index contributed by atoms with van der Waals surface area (Å²) < 4.78 is 15.9. The Hall–Kier alpha value is -3.68. The van der Waals surface area contributed by atoms with E-state index in [4.69, 9.17) is 14.2 Å². The van der Waals surface area contributed by atoms with Crippen molar-refractivity contribution >= 4 is 18.0 Å². The molecule has 1 heterocycles. The SMILES string of the molecule is CCOC(=O)/C=C/c1cc(O)c2c(c1)[C@@H](C(=O)OCC)[C@@H](c1ccc(O)c(O)c1)O2. The van der Waals surface area contributed by atoms with Crippen molar-refractivity contribution in [2.24, 2.45) is 0 Å². The fraction of sp³-hybridized carbons (Fsp3) is 0.273. The molecule has 0 bridgehead atoms. The van der Waals surface area contributed by atoms with E-state index < -0.39 is 24.0 Å². The van der Waals surface area contributed by atoms with Crippen molar-refractivity contribution in [2.75, 3.05) is 13.2 Å². The molecule has 0 saturated heterocycles. The van der Waals surface area contributed by atoms with E-state index in [0.717, 1.165) is 0 Å². The van der Waals surface area contributed by atoms with Crippen LogP contribution in [0.5, 0.6) is 23.0 Å². The molecule has 0 amide bonds. The number of benzene rings is 2. The van der Waals surface area contributed by atoms with E-state index in [9.17, 15) is 24.9 Å². The summed E-state index contributed by atoms with van der Waals surface area (Å²) in [6.45, 7) is 3.74. The molecule has 158 valence electrons. The lowest BCUT2D eigenvalue weighted by Gasteiger charge is -2.18. The molecule has 1 aliphatic rings. The lowest BCUT2D eigenvalue weighted by atomic mass is 9.90. The van der Waals surface area contributed by atoms with Gasteiger partial charge < -0.3 is 29.5 Å². The van der Waals surface area contributed by atoms with E-state index >= 15 is 0 Å². The van der Waals surface area contributed by atoms with E-state index in [1.807, 2.05) is 0 Å². The molecule has 8 heteroatoms. The second-order valence-corrected chi connectivity index (χ2v) is 6.56. The Morgan fingerprint density at radius 2 is 1.73 bits per heavy atom. The number of aromatic hydroxyl groups is 3. The van der Waals surface area contributed by atoms with Crippen LogP contribution < -0.4 is 4.74 Å². The lowest BCUT2D eigenvalue weighted by molar-refractivity contribution is -0.146. The predicted molar refractivity (Wildman–Crippen MR) is 106 cm³/mol. The monoisotopic (exact) mass is 414 g/mol. The third-order valence-electron chi connectivity index (χ3n) is 4.57. The number of hydrogen-bond donors (Lipinski definition) is 3. The van der Waals surface area contributed by atoms with Gasteiger partial charge in [-0.2, -0.15) is 0 Å². The minimum absolute atomic E-state index is 0.110. The number of esters is 2. The van der Waals surface area contributed by atoms with Crippen LogP contribution in [0.3, 0.4) is 0 Å². The van der Waals surface area contributed by atoms with Gasteiger partial charge in [0.05, 0.1) is 13.2 Å². The average Bonchev–Trinajstić information content (AvgIpc) is 3.09. The van der Waals surface area contributed by atoms with Crippen molar-refractivity contribution in [3.8, 4) is 23.0 Å². The number of carbonyl (C=O) groups is 2. The van der Waals surface area contributed by atoms with Crippen LogP contribution >= 0.6 is 0 Å². The molecule has 1 aliphatic heterocycles. The second kappa shape index (κ2) is 8.77. The Bertz CT molecular complexity index is 995.